The van der Waals surface area contributed by atoms with Gasteiger partial charge < -0.3 is 0 Å². The molecule has 3 aliphatic rings. The minimum Gasteiger partial charge on any atom is -0.299 e. The zero-order chi connectivity index (χ0) is 28.9. The monoisotopic (exact) mass is 547 g/mol. The van der Waals surface area contributed by atoms with Crippen molar-refractivity contribution in [1.82, 2.24) is 4.98 Å². The van der Waals surface area contributed by atoms with Crippen LogP contribution in [0.2, 0.25) is 0 Å². The molecule has 0 unspecified atom stereocenters. The Morgan fingerprint density at radius 2 is 1.66 bits per heavy atom. The Labute approximate surface area is 249 Å². The molecule has 1 aromatic heterocycles. The zero-order valence-corrected chi connectivity index (χ0v) is 25.6. The summed E-state index contributed by atoms with van der Waals surface area (Å²) < 4.78 is 0. The van der Waals surface area contributed by atoms with E-state index in [1.54, 1.807) is 0 Å². The summed E-state index contributed by atoms with van der Waals surface area (Å²) in [7, 11) is 0. The number of rotatable bonds is 6. The molecule has 1 heterocycles. The fourth-order valence-electron chi connectivity index (χ4n) is 7.47. The van der Waals surface area contributed by atoms with Gasteiger partial charge in [-0.05, 0) is 134 Å². The fourth-order valence-corrected chi connectivity index (χ4v) is 7.47. The topological polar surface area (TPSA) is 30.0 Å². The smallest absolute Gasteiger partial charge is 0.139 e. The van der Waals surface area contributed by atoms with Gasteiger partial charge in [0.05, 0.1) is 5.69 Å². The number of fused-ring (bicyclic) bond motifs is 1. The lowest BCUT2D eigenvalue weighted by Gasteiger charge is -2.30. The SMILES string of the molecule is C=C1CC=Cc2cc(-c3cccc(C)n3)cc(Cc3ccc(C4CCC(C(=O)C5CCCC5)CC4)c(C)c3)c21.CC.[HH]. The number of carbonyl (C=O) groups excluding carboxylic acids is 1. The summed E-state index contributed by atoms with van der Waals surface area (Å²) in [5.41, 5.74) is 12.5. The number of carbonyl (C=O) groups is 1. The maximum atomic E-state index is 13.0. The molecule has 2 fully saturated rings. The van der Waals surface area contributed by atoms with Gasteiger partial charge in [-0.25, -0.2) is 0 Å². The van der Waals surface area contributed by atoms with Gasteiger partial charge in [-0.15, -0.1) is 0 Å². The number of aromatic nitrogens is 1. The normalized spacial score (nSPS) is 20.3. The third kappa shape index (κ3) is 6.48. The molecule has 41 heavy (non-hydrogen) atoms. The van der Waals surface area contributed by atoms with Crippen molar-refractivity contribution in [3.63, 3.8) is 0 Å². The van der Waals surface area contributed by atoms with Gasteiger partial charge in [-0.1, -0.05) is 69.7 Å². The summed E-state index contributed by atoms with van der Waals surface area (Å²) in [5.74, 6) is 1.85. The molecule has 0 bridgehead atoms. The van der Waals surface area contributed by atoms with Gasteiger partial charge in [0.15, 0.2) is 0 Å². The minimum atomic E-state index is 0. The van der Waals surface area contributed by atoms with E-state index < -0.39 is 0 Å². The van der Waals surface area contributed by atoms with E-state index in [0.717, 1.165) is 62.8 Å². The Balaban J connectivity index is 0.00000132. The van der Waals surface area contributed by atoms with Crippen LogP contribution in [-0.4, -0.2) is 10.8 Å². The highest BCUT2D eigenvalue weighted by Gasteiger charge is 2.33. The van der Waals surface area contributed by atoms with E-state index in [0.29, 0.717) is 23.5 Å². The van der Waals surface area contributed by atoms with Gasteiger partial charge >= 0.3 is 0 Å². The highest BCUT2D eigenvalue weighted by atomic mass is 16.1. The van der Waals surface area contributed by atoms with E-state index in [1.165, 1.54) is 57.4 Å². The Morgan fingerprint density at radius 1 is 0.927 bits per heavy atom. The molecule has 0 saturated heterocycles. The third-order valence-corrected chi connectivity index (χ3v) is 9.51. The quantitative estimate of drug-likeness (QED) is 0.307. The first kappa shape index (κ1) is 29.2. The lowest BCUT2D eigenvalue weighted by Crippen LogP contribution is -2.26. The Hall–Kier alpha value is -3.26. The number of Topliss-reactive ketones (excluding diaryl/α,β-unsaturated/α-hetero) is 1. The fraction of sp³-hybridized carbons (Fsp3) is 0.436. The number of aryl methyl sites for hydroxylation is 2. The van der Waals surface area contributed by atoms with Crippen molar-refractivity contribution in [2.45, 2.75) is 97.8 Å². The highest BCUT2D eigenvalue weighted by Crippen LogP contribution is 2.41. The van der Waals surface area contributed by atoms with Crippen molar-refractivity contribution in [2.75, 3.05) is 0 Å². The minimum absolute atomic E-state index is 0. The number of benzene rings is 2. The van der Waals surface area contributed by atoms with E-state index in [-0.39, 0.29) is 1.43 Å². The van der Waals surface area contributed by atoms with Crippen LogP contribution in [0.5, 0.6) is 0 Å². The van der Waals surface area contributed by atoms with Crippen LogP contribution >= 0.6 is 0 Å². The van der Waals surface area contributed by atoms with Crippen molar-refractivity contribution < 1.29 is 6.22 Å². The molecule has 0 N–H and O–H groups in total. The summed E-state index contributed by atoms with van der Waals surface area (Å²) in [6, 6.07) is 18.0. The largest absolute Gasteiger partial charge is 0.299 e. The van der Waals surface area contributed by atoms with Gasteiger partial charge in [0, 0.05) is 24.5 Å². The predicted molar refractivity (Wildman–Crippen MR) is 176 cm³/mol. The summed E-state index contributed by atoms with van der Waals surface area (Å²) in [4.78, 5) is 17.8. The maximum Gasteiger partial charge on any atom is 0.139 e. The number of pyridine rings is 1. The van der Waals surface area contributed by atoms with Crippen LogP contribution in [0.1, 0.15) is 118 Å². The first-order valence-electron chi connectivity index (χ1n) is 16.0. The van der Waals surface area contributed by atoms with Crippen molar-refractivity contribution in [1.29, 1.82) is 0 Å². The number of hydrogen-bond acceptors (Lipinski definition) is 2. The van der Waals surface area contributed by atoms with E-state index in [9.17, 15) is 4.79 Å². The van der Waals surface area contributed by atoms with Crippen LogP contribution in [0.4, 0.5) is 0 Å². The van der Waals surface area contributed by atoms with Crippen molar-refractivity contribution >= 4 is 17.4 Å². The summed E-state index contributed by atoms with van der Waals surface area (Å²) in [5, 5.41) is 0. The average molecular weight is 548 g/mol. The number of hydrogen-bond donors (Lipinski definition) is 0. The van der Waals surface area contributed by atoms with Gasteiger partial charge in [-0.2, -0.15) is 0 Å². The molecule has 2 aromatic carbocycles. The van der Waals surface area contributed by atoms with Gasteiger partial charge in [0.1, 0.15) is 5.78 Å². The molecule has 0 amide bonds. The summed E-state index contributed by atoms with van der Waals surface area (Å²) >= 11 is 0. The molecule has 2 nitrogen and oxygen atoms in total. The van der Waals surface area contributed by atoms with Crippen molar-refractivity contribution in [2.24, 2.45) is 11.8 Å². The van der Waals surface area contributed by atoms with Crippen LogP contribution < -0.4 is 0 Å². The Morgan fingerprint density at radius 3 is 2.37 bits per heavy atom. The van der Waals surface area contributed by atoms with Crippen LogP contribution in [-0.2, 0) is 11.2 Å². The number of nitrogens with zero attached hydrogens (tertiary/aromatic N) is 1. The number of allylic oxidation sites excluding steroid dienone is 2. The molecule has 3 aromatic rings. The van der Waals surface area contributed by atoms with E-state index in [2.05, 4.69) is 81.1 Å². The highest BCUT2D eigenvalue weighted by molar-refractivity contribution is 5.84. The van der Waals surface area contributed by atoms with Crippen LogP contribution in [0.3, 0.4) is 0 Å². The molecule has 0 aliphatic heterocycles. The van der Waals surface area contributed by atoms with Crippen molar-refractivity contribution in [3.05, 3.63) is 100 Å². The van der Waals surface area contributed by atoms with E-state index in [1.807, 2.05) is 13.8 Å². The predicted octanol–water partition coefficient (Wildman–Crippen LogP) is 10.7. The standard InChI is InChI=1S/C37H41NO.C2H6.H2/c1-24-8-6-12-31-22-32(35-13-7-9-26(3)38-35)23-33(36(24)31)21-27-14-19-34(25(2)20-27)28-15-17-30(18-16-28)37(39)29-10-4-5-11-29;1-2;/h6-7,9,12-14,19-20,22-23,28-30H,1,4-5,8,10-11,15-18,21H2,2-3H3;1-2H3;1H. The molecule has 216 valence electrons. The summed E-state index contributed by atoms with van der Waals surface area (Å²) in [6.07, 6.45) is 15.5. The van der Waals surface area contributed by atoms with E-state index in [4.69, 9.17) is 4.98 Å². The Bertz CT molecular complexity index is 1440. The average Bonchev–Trinajstić information content (AvgIpc) is 3.53. The van der Waals surface area contributed by atoms with Crippen molar-refractivity contribution in [3.8, 4) is 11.3 Å². The second-order valence-electron chi connectivity index (χ2n) is 12.3. The molecule has 0 spiro atoms. The third-order valence-electron chi connectivity index (χ3n) is 9.51. The molecular formula is C39H49NO. The lowest BCUT2D eigenvalue weighted by atomic mass is 9.74. The molecular weight excluding hydrogens is 498 g/mol. The molecule has 2 saturated carbocycles. The molecule has 0 radical (unpaired) electrons. The van der Waals surface area contributed by atoms with Crippen LogP contribution in [0.25, 0.3) is 22.9 Å². The summed E-state index contributed by atoms with van der Waals surface area (Å²) in [6.45, 7) is 12.7. The zero-order valence-electron chi connectivity index (χ0n) is 25.6. The molecule has 6 rings (SSSR count). The van der Waals surface area contributed by atoms with E-state index >= 15 is 0 Å². The Kier molecular flexibility index (Phi) is 9.38. The van der Waals surface area contributed by atoms with Gasteiger partial charge in [0.2, 0.25) is 0 Å². The molecule has 3 aliphatic carbocycles. The number of ketones is 1. The molecule has 2 heteroatoms. The van der Waals surface area contributed by atoms with Gasteiger partial charge in [-0.3, -0.25) is 9.78 Å². The second-order valence-corrected chi connectivity index (χ2v) is 12.3. The molecule has 0 atom stereocenters. The lowest BCUT2D eigenvalue weighted by molar-refractivity contribution is -0.127. The second kappa shape index (κ2) is 13.1. The van der Waals surface area contributed by atoms with Crippen LogP contribution in [0.15, 0.2) is 61.2 Å². The van der Waals surface area contributed by atoms with Gasteiger partial charge in [0.25, 0.3) is 0 Å². The first-order valence-corrected chi connectivity index (χ1v) is 16.0. The van der Waals surface area contributed by atoms with Crippen LogP contribution in [0, 0.1) is 25.7 Å². The first-order chi connectivity index (χ1) is 20.0. The maximum absolute atomic E-state index is 13.0.